The van der Waals surface area contributed by atoms with Crippen LogP contribution in [0, 0.1) is 14.3 Å². The molecule has 0 bridgehead atoms. The molecule has 2 N–H and O–H groups in total. The van der Waals surface area contributed by atoms with Gasteiger partial charge in [0, 0.05) is 0 Å². The van der Waals surface area contributed by atoms with Crippen LogP contribution in [0.25, 0.3) is 0 Å². The maximum Gasteiger partial charge on any atom is 1.00 e. The quantitative estimate of drug-likeness (QED) is 0.0653. The van der Waals surface area contributed by atoms with Crippen LogP contribution < -0.4 is 73.7 Å². The summed E-state index contributed by atoms with van der Waals surface area (Å²) in [5.41, 5.74) is -39.0. The molecule has 0 aliphatic heterocycles. The van der Waals surface area contributed by atoms with Gasteiger partial charge in [-0.05, 0) is 118 Å². The van der Waals surface area contributed by atoms with Gasteiger partial charge >= 0.3 is 189 Å². The Labute approximate surface area is 653 Å². The minimum atomic E-state index is -7.43. The Morgan fingerprint density at radius 1 is 0.214 bits per heavy atom. The number of rotatable bonds is 16. The van der Waals surface area contributed by atoms with Gasteiger partial charge < -0.3 is 45.4 Å². The normalized spacial score (nSPS) is 14.3. The van der Waals surface area contributed by atoms with E-state index in [1.165, 1.54) is 14.3 Å². The molecule has 648 valence electrons. The van der Waals surface area contributed by atoms with E-state index in [2.05, 4.69) is 144 Å². The van der Waals surface area contributed by atoms with Crippen LogP contribution in [0.3, 0.4) is 0 Å². The fourth-order valence-electron chi connectivity index (χ4n) is 5.98. The second-order valence-electron chi connectivity index (χ2n) is 23.5. The molecule has 0 aliphatic rings. The Morgan fingerprint density at radius 3 is 0.429 bits per heavy atom. The summed E-state index contributed by atoms with van der Waals surface area (Å²) in [6.45, 7) is -1.30. The fraction of sp³-hybridized carbons (Fsp3) is 0.571. The van der Waals surface area contributed by atoms with Crippen LogP contribution in [0.5, 0.6) is 0 Å². The first-order valence-corrected chi connectivity index (χ1v) is 36.0. The zero-order valence-electron chi connectivity index (χ0n) is 57.3. The molecule has 0 atom stereocenters. The van der Waals surface area contributed by atoms with E-state index in [4.69, 9.17) is 10.2 Å². The summed E-state index contributed by atoms with van der Waals surface area (Å²) in [7, 11) is 0. The van der Waals surface area contributed by atoms with Gasteiger partial charge in [-0.15, -0.1) is 0 Å². The first-order valence-electron chi connectivity index (χ1n) is 28.2. The van der Waals surface area contributed by atoms with Gasteiger partial charge in [-0.25, -0.2) is 0 Å². The largest absolute Gasteiger partial charge is 1.00 e. The molecule has 4 aromatic rings. The van der Waals surface area contributed by atoms with Crippen LogP contribution in [0.4, 0.5) is 184 Å². The van der Waals surface area contributed by atoms with E-state index < -0.39 is 162 Å². The third kappa shape index (κ3) is 32.3. The summed E-state index contributed by atoms with van der Waals surface area (Å²) in [6, 6.07) is 42.8. The van der Waals surface area contributed by atoms with Gasteiger partial charge in [0.05, 0.1) is 0 Å². The van der Waals surface area contributed by atoms with Crippen molar-refractivity contribution in [2.75, 3.05) is 0 Å². The molecule has 0 aromatic heterocycles. The van der Waals surface area contributed by atoms with Gasteiger partial charge in [-0.1, -0.05) is 72.8 Å². The summed E-state index contributed by atoms with van der Waals surface area (Å²) in [6.07, 6.45) is -90.0. The zero-order valence-corrected chi connectivity index (χ0v) is 65.2. The molecule has 112 heavy (non-hydrogen) atoms. The maximum atomic E-state index is 13.0. The minimum absolute atomic E-state index is 0. The maximum absolute atomic E-state index is 13.0. The smallest absolute Gasteiger partial charge is 1.00 e. The Kier molecular flexibility index (Phi) is 41.6. The summed E-state index contributed by atoms with van der Waals surface area (Å²) in [5.74, 6) is 0. The molecule has 0 aliphatic carbocycles. The van der Waals surface area contributed by atoms with E-state index in [-0.39, 0.29) is 143 Å². The van der Waals surface area contributed by atoms with Crippen molar-refractivity contribution in [1.82, 2.24) is 0 Å². The second-order valence-corrected chi connectivity index (χ2v) is 32.7. The topological polar surface area (TPSA) is 95.8 Å². The minimum Gasteiger partial charge on any atom is -1.00 e. The first kappa shape index (κ1) is 115. The molecule has 4 rings (SSSR count). The Balaban J connectivity index is -0.000000660. The van der Waals surface area contributed by atoms with Gasteiger partial charge in [-0.3, -0.25) is 0 Å². The monoisotopic (exact) mass is 2000 g/mol. The zero-order chi connectivity index (χ0) is 88.3. The molecule has 0 spiro atoms. The molecule has 0 amide bonds. The molecule has 0 saturated heterocycles. The van der Waals surface area contributed by atoms with Crippen LogP contribution in [0.2, 0.25) is 0 Å². The van der Waals surface area contributed by atoms with Crippen LogP contribution in [0.1, 0.15) is 69.2 Å². The number of halogens is 45. The average Bonchev–Trinajstić information content (AvgIpc) is 0.725. The third-order valence-electron chi connectivity index (χ3n) is 13.3. The summed E-state index contributed by atoms with van der Waals surface area (Å²) >= 11 is -13.3. The van der Waals surface area contributed by atoms with Crippen LogP contribution in [-0.2, 0) is 22.7 Å². The van der Waals surface area contributed by atoms with E-state index in [0.29, 0.717) is 0 Å². The molecule has 0 unspecified atom stereocenters. The van der Waals surface area contributed by atoms with E-state index >= 15 is 0 Å². The number of benzene rings is 4. The number of aliphatic hydroxyl groups is 2. The summed E-state index contributed by atoms with van der Waals surface area (Å²) in [5, 5.41) is 15.9. The van der Waals surface area contributed by atoms with Gasteiger partial charge in [0.2, 0.25) is 0 Å². The Hall–Kier alpha value is -2.97. The first-order chi connectivity index (χ1) is 48.0. The summed E-state index contributed by atoms with van der Waals surface area (Å²) < 4.78 is 551. The van der Waals surface area contributed by atoms with Crippen molar-refractivity contribution in [1.29, 1.82) is 0 Å². The van der Waals surface area contributed by atoms with Crippen LogP contribution >= 0.6 is 0 Å². The van der Waals surface area contributed by atoms with E-state index in [1.807, 2.05) is 0 Å². The van der Waals surface area contributed by atoms with Crippen LogP contribution in [-0.4, -0.2) is 172 Å². The second kappa shape index (κ2) is 40.4. The predicted octanol–water partition coefficient (Wildman–Crippen LogP) is 9.08. The molecule has 4 aromatic carbocycles. The molecule has 0 fully saturated rings. The van der Waals surface area contributed by atoms with Gasteiger partial charge in [0.15, 0.2) is 14.3 Å². The number of hydrogen-bond donors (Lipinski definition) is 2. The molecule has 0 radical (unpaired) electrons. The van der Waals surface area contributed by atoms with E-state index in [9.17, 15) is 184 Å². The van der Waals surface area contributed by atoms with Crippen molar-refractivity contribution in [2.45, 2.75) is 201 Å². The fourth-order valence-corrected chi connectivity index (χ4v) is 15.6. The van der Waals surface area contributed by atoms with Gasteiger partial charge in [0.1, 0.15) is 22.4 Å². The molecular formula is C56H54Al2ClF42I2LiO8. The van der Waals surface area contributed by atoms with Gasteiger partial charge in [-0.2, -0.15) is 184 Å². The van der Waals surface area contributed by atoms with Crippen molar-refractivity contribution in [2.24, 2.45) is 0 Å². The summed E-state index contributed by atoms with van der Waals surface area (Å²) in [4.78, 5) is 0. The van der Waals surface area contributed by atoms with Crippen molar-refractivity contribution in [3.63, 3.8) is 0 Å². The van der Waals surface area contributed by atoms with Crippen LogP contribution in [0.15, 0.2) is 121 Å². The molecule has 8 nitrogen and oxygen atoms in total. The molecule has 0 saturated carbocycles. The third-order valence-corrected chi connectivity index (χ3v) is 23.8. The van der Waals surface area contributed by atoms with Gasteiger partial charge in [0.25, 0.3) is 11.2 Å². The van der Waals surface area contributed by atoms with Crippen molar-refractivity contribution in [3.05, 3.63) is 136 Å². The van der Waals surface area contributed by atoms with E-state index in [0.717, 1.165) is 0 Å². The molecular weight excluding hydrogens is 1950 g/mol. The SMILES string of the molecule is CC(C)([O][AlH-]([O]C(C)(C)C(F)(F)F)[O]C(C(F)(F)F)(C(F)(F)F)C(F)(F)F)C(F)(F)F.CC(C)([O][AlH-]([O]C(C)(C)C(F)(F)F)[O]C(C(F)(F)F)(C(F)(F)F)C(F)(F)F)C(F)(F)F.CC(O)(C(F)(F)F)C(F)(F)F.CC(O)(C(F)(F)F)C(F)(F)F.[Cl-].[Li+].c1ccc([I+]c2ccccc2)cc1.c1ccc([I+]c2ccccc2)cc1. The number of hydrogen-bond acceptors (Lipinski definition) is 8. The molecule has 0 heterocycles. The van der Waals surface area contributed by atoms with Crippen molar-refractivity contribution < 1.29 is 291 Å². The predicted molar refractivity (Wildman–Crippen MR) is 289 cm³/mol. The standard InChI is InChI=1S/2C12H10I.2C4F9O.2C4H4F6O.4C4H6F3O.2Al.ClH.Li.2H/c2*1-3-7-11(8-4-1)13-12-9-5-2-6-10-12;2*5-2(6,7)1(14,3(8,9)10)4(11,12)13;2*1-2(11,3(5,6)7)4(8,9)10;4*1-3(2,8)4(5,6)7;;;;;;/h2*1-10H;;;2*11H,1H3;4*1-2H3;;;1H;;;/q2*+1;2*-1;;;4*-1;2*+2;;+1;;/p-1. The molecule has 56 heteroatoms. The van der Waals surface area contributed by atoms with E-state index in [1.54, 1.807) is 0 Å². The Bertz CT molecular complexity index is 2890. The Morgan fingerprint density at radius 2 is 0.339 bits per heavy atom. The van der Waals surface area contributed by atoms with Crippen molar-refractivity contribution in [3.8, 4) is 0 Å². The average molecular weight is 2000 g/mol. The number of alkyl halides is 42. The van der Waals surface area contributed by atoms with Crippen molar-refractivity contribution >= 4 is 30.3 Å².